The lowest BCUT2D eigenvalue weighted by atomic mass is 10.1. The van der Waals surface area contributed by atoms with Gasteiger partial charge in [0.1, 0.15) is 5.56 Å². The van der Waals surface area contributed by atoms with Crippen LogP contribution in [-0.4, -0.2) is 62.8 Å². The molecule has 3 rings (SSSR count). The maximum Gasteiger partial charge on any atom is 0.259 e. The molecular formula is C20H27FN4O3. The Morgan fingerprint density at radius 1 is 1.39 bits per heavy atom. The molecule has 1 aromatic heterocycles. The van der Waals surface area contributed by atoms with Crippen molar-refractivity contribution in [3.05, 3.63) is 29.6 Å². The summed E-state index contributed by atoms with van der Waals surface area (Å²) in [6.45, 7) is 4.92. The van der Waals surface area contributed by atoms with E-state index in [0.717, 1.165) is 19.6 Å². The summed E-state index contributed by atoms with van der Waals surface area (Å²) in [4.78, 5) is 17.1. The number of benzene rings is 1. The van der Waals surface area contributed by atoms with Gasteiger partial charge >= 0.3 is 0 Å². The molecule has 2 heterocycles. The van der Waals surface area contributed by atoms with E-state index in [4.69, 9.17) is 9.26 Å². The van der Waals surface area contributed by atoms with Crippen molar-refractivity contribution in [1.29, 1.82) is 0 Å². The lowest BCUT2D eigenvalue weighted by Crippen LogP contribution is -2.41. The largest absolute Gasteiger partial charge is 0.494 e. The molecule has 0 spiro atoms. The molecule has 1 aliphatic rings. The zero-order chi connectivity index (χ0) is 20.3. The minimum absolute atomic E-state index is 0.0221. The van der Waals surface area contributed by atoms with Gasteiger partial charge in [-0.3, -0.25) is 4.79 Å². The van der Waals surface area contributed by atoms with E-state index in [1.165, 1.54) is 32.1 Å². The van der Waals surface area contributed by atoms with Crippen LogP contribution in [0.25, 0.3) is 11.3 Å². The standard InChI is InChI=1S/C20H27FN4O3/c1-13(12-25-9-5-6-10-25)22-20(26)17-18(28-23-19(17)24(2)3)14-7-8-15(21)16(11-14)27-4/h7-8,11,13H,5-6,9-10,12H2,1-4H3,(H,22,26). The Bertz CT molecular complexity index is 831. The summed E-state index contributed by atoms with van der Waals surface area (Å²) < 4.78 is 24.3. The number of nitrogens with zero attached hydrogens (tertiary/aromatic N) is 3. The van der Waals surface area contributed by atoms with Crippen LogP contribution in [0.3, 0.4) is 0 Å². The fourth-order valence-corrected chi connectivity index (χ4v) is 3.48. The maximum absolute atomic E-state index is 13.8. The number of nitrogens with one attached hydrogen (secondary N) is 1. The molecule has 1 N–H and O–H groups in total. The number of likely N-dealkylation sites (tertiary alicyclic amines) is 1. The van der Waals surface area contributed by atoms with Crippen LogP contribution in [-0.2, 0) is 0 Å². The van der Waals surface area contributed by atoms with Crippen LogP contribution in [0.1, 0.15) is 30.1 Å². The summed E-state index contributed by atoms with van der Waals surface area (Å²) in [5.74, 6) is 0.0323. The Kier molecular flexibility index (Phi) is 6.18. The van der Waals surface area contributed by atoms with E-state index in [-0.39, 0.29) is 23.5 Å². The molecule has 1 aliphatic heterocycles. The summed E-state index contributed by atoms with van der Waals surface area (Å²) in [5.41, 5.74) is 0.850. The van der Waals surface area contributed by atoms with Gasteiger partial charge in [-0.2, -0.15) is 0 Å². The highest BCUT2D eigenvalue weighted by Gasteiger charge is 2.27. The van der Waals surface area contributed by atoms with E-state index >= 15 is 0 Å². The summed E-state index contributed by atoms with van der Waals surface area (Å²) in [5, 5.41) is 7.09. The molecule has 0 saturated carbocycles. The van der Waals surface area contributed by atoms with Crippen molar-refractivity contribution >= 4 is 11.7 Å². The number of ether oxygens (including phenoxy) is 1. The van der Waals surface area contributed by atoms with Crippen LogP contribution in [0.15, 0.2) is 22.7 Å². The van der Waals surface area contributed by atoms with E-state index in [1.54, 1.807) is 25.1 Å². The minimum atomic E-state index is -0.483. The third kappa shape index (κ3) is 4.27. The van der Waals surface area contributed by atoms with Crippen LogP contribution < -0.4 is 15.0 Å². The number of halogens is 1. The Labute approximate surface area is 164 Å². The summed E-state index contributed by atoms with van der Waals surface area (Å²) in [6.07, 6.45) is 2.40. The van der Waals surface area contributed by atoms with Crippen LogP contribution in [0, 0.1) is 5.82 Å². The van der Waals surface area contributed by atoms with Crippen LogP contribution in [0.5, 0.6) is 5.75 Å². The minimum Gasteiger partial charge on any atom is -0.494 e. The number of carbonyl (C=O) groups is 1. The van der Waals surface area contributed by atoms with Crippen molar-refractivity contribution in [2.75, 3.05) is 45.7 Å². The van der Waals surface area contributed by atoms with Crippen molar-refractivity contribution in [3.8, 4) is 17.1 Å². The number of aromatic nitrogens is 1. The molecule has 0 bridgehead atoms. The number of hydrogen-bond acceptors (Lipinski definition) is 6. The van der Waals surface area contributed by atoms with Crippen LogP contribution in [0.4, 0.5) is 10.2 Å². The number of methoxy groups -OCH3 is 1. The molecule has 1 atom stereocenters. The molecule has 2 aromatic rings. The molecule has 28 heavy (non-hydrogen) atoms. The van der Waals surface area contributed by atoms with E-state index in [0.29, 0.717) is 16.9 Å². The summed E-state index contributed by atoms with van der Waals surface area (Å²) >= 11 is 0. The van der Waals surface area contributed by atoms with E-state index < -0.39 is 5.82 Å². The fourth-order valence-electron chi connectivity index (χ4n) is 3.48. The second-order valence-electron chi connectivity index (χ2n) is 7.34. The van der Waals surface area contributed by atoms with Crippen LogP contribution >= 0.6 is 0 Å². The highest BCUT2D eigenvalue weighted by Crippen LogP contribution is 2.33. The molecule has 8 heteroatoms. The van der Waals surface area contributed by atoms with Gasteiger partial charge in [0.2, 0.25) is 0 Å². The van der Waals surface area contributed by atoms with E-state index in [9.17, 15) is 9.18 Å². The highest BCUT2D eigenvalue weighted by molar-refractivity contribution is 6.04. The lowest BCUT2D eigenvalue weighted by Gasteiger charge is -2.21. The van der Waals surface area contributed by atoms with Gasteiger partial charge in [0.25, 0.3) is 5.91 Å². The van der Waals surface area contributed by atoms with Crippen molar-refractivity contribution in [1.82, 2.24) is 15.4 Å². The lowest BCUT2D eigenvalue weighted by molar-refractivity contribution is 0.0932. The molecule has 0 aliphatic carbocycles. The first-order chi connectivity index (χ1) is 13.4. The van der Waals surface area contributed by atoms with Gasteiger partial charge in [0.05, 0.1) is 7.11 Å². The number of hydrogen-bond donors (Lipinski definition) is 1. The average Bonchev–Trinajstić information content (AvgIpc) is 3.31. The smallest absolute Gasteiger partial charge is 0.259 e. The van der Waals surface area contributed by atoms with Crippen LogP contribution in [0.2, 0.25) is 0 Å². The molecule has 1 unspecified atom stereocenters. The van der Waals surface area contributed by atoms with Gasteiger partial charge in [0, 0.05) is 32.2 Å². The molecule has 1 fully saturated rings. The predicted octanol–water partition coefficient (Wildman–Crippen LogP) is 2.77. The van der Waals surface area contributed by atoms with Gasteiger partial charge < -0.3 is 24.4 Å². The predicted molar refractivity (Wildman–Crippen MR) is 105 cm³/mol. The van der Waals surface area contributed by atoms with Gasteiger partial charge in [0.15, 0.2) is 23.1 Å². The number of rotatable bonds is 7. The molecule has 152 valence electrons. The van der Waals surface area contributed by atoms with E-state index in [1.807, 2.05) is 6.92 Å². The first kappa shape index (κ1) is 20.1. The third-order valence-electron chi connectivity index (χ3n) is 4.85. The zero-order valence-electron chi connectivity index (χ0n) is 16.8. The molecule has 1 saturated heterocycles. The Balaban J connectivity index is 1.88. The Hall–Kier alpha value is -2.61. The zero-order valence-corrected chi connectivity index (χ0v) is 16.8. The molecule has 1 amide bonds. The Morgan fingerprint density at radius 3 is 2.75 bits per heavy atom. The molecule has 1 aromatic carbocycles. The number of anilines is 1. The van der Waals surface area contributed by atoms with Crippen molar-refractivity contribution in [2.45, 2.75) is 25.8 Å². The van der Waals surface area contributed by atoms with Gasteiger partial charge in [-0.25, -0.2) is 4.39 Å². The maximum atomic E-state index is 13.8. The SMILES string of the molecule is COc1cc(-c2onc(N(C)C)c2C(=O)NC(C)CN2CCCC2)ccc1F. The van der Waals surface area contributed by atoms with Crippen molar-refractivity contribution in [2.24, 2.45) is 0 Å². The monoisotopic (exact) mass is 390 g/mol. The van der Waals surface area contributed by atoms with Gasteiger partial charge in [-0.05, 0) is 51.1 Å². The average molecular weight is 390 g/mol. The summed E-state index contributed by atoms with van der Waals surface area (Å²) in [6, 6.07) is 4.30. The Morgan fingerprint density at radius 2 is 2.11 bits per heavy atom. The van der Waals surface area contributed by atoms with E-state index in [2.05, 4.69) is 15.4 Å². The first-order valence-corrected chi connectivity index (χ1v) is 9.44. The molecular weight excluding hydrogens is 363 g/mol. The number of amides is 1. The van der Waals surface area contributed by atoms with Crippen molar-refractivity contribution in [3.63, 3.8) is 0 Å². The van der Waals surface area contributed by atoms with Gasteiger partial charge in [-0.1, -0.05) is 5.16 Å². The van der Waals surface area contributed by atoms with Gasteiger partial charge in [-0.15, -0.1) is 0 Å². The first-order valence-electron chi connectivity index (χ1n) is 9.44. The second kappa shape index (κ2) is 8.60. The summed E-state index contributed by atoms with van der Waals surface area (Å²) in [7, 11) is 4.97. The quantitative estimate of drug-likeness (QED) is 0.784. The molecule has 7 nitrogen and oxygen atoms in total. The third-order valence-corrected chi connectivity index (χ3v) is 4.85. The molecule has 0 radical (unpaired) electrons. The fraction of sp³-hybridized carbons (Fsp3) is 0.500. The normalized spacial score (nSPS) is 15.5. The van der Waals surface area contributed by atoms with Crippen molar-refractivity contribution < 1.29 is 18.4 Å². The topological polar surface area (TPSA) is 70.8 Å². The number of carbonyl (C=O) groups excluding carboxylic acids is 1. The second-order valence-corrected chi connectivity index (χ2v) is 7.34. The highest BCUT2D eigenvalue weighted by atomic mass is 19.1.